The lowest BCUT2D eigenvalue weighted by atomic mass is 9.84. The summed E-state index contributed by atoms with van der Waals surface area (Å²) in [6, 6.07) is 8.02. The molecule has 166 valence electrons. The minimum Gasteiger partial charge on any atom is -0.406 e. The van der Waals surface area contributed by atoms with Crippen LogP contribution in [0.3, 0.4) is 0 Å². The van der Waals surface area contributed by atoms with Gasteiger partial charge in [0.1, 0.15) is 11.7 Å². The van der Waals surface area contributed by atoms with Gasteiger partial charge in [-0.15, -0.1) is 5.10 Å². The number of rotatable bonds is 9. The Morgan fingerprint density at radius 1 is 1.26 bits per heavy atom. The van der Waals surface area contributed by atoms with E-state index in [1.54, 1.807) is 24.3 Å². The summed E-state index contributed by atoms with van der Waals surface area (Å²) in [7, 11) is 0. The van der Waals surface area contributed by atoms with E-state index in [9.17, 15) is 14.4 Å². The number of amides is 2. The van der Waals surface area contributed by atoms with Crippen LogP contribution in [0.4, 0.5) is 0 Å². The molecule has 1 unspecified atom stereocenters. The number of hydrogen-bond acceptors (Lipinski definition) is 6. The van der Waals surface area contributed by atoms with Crippen LogP contribution in [0.2, 0.25) is 0 Å². The van der Waals surface area contributed by atoms with Crippen LogP contribution in [-0.4, -0.2) is 44.9 Å². The number of aromatic nitrogens is 2. The Bertz CT molecular complexity index is 963. The first-order valence-corrected chi connectivity index (χ1v) is 11.0. The number of nitrogens with one attached hydrogen (secondary N) is 2. The van der Waals surface area contributed by atoms with Gasteiger partial charge in [-0.3, -0.25) is 14.4 Å². The van der Waals surface area contributed by atoms with Crippen LogP contribution in [0.1, 0.15) is 73.4 Å². The van der Waals surface area contributed by atoms with E-state index < -0.39 is 17.5 Å². The first-order valence-electron chi connectivity index (χ1n) is 10.6. The Morgan fingerprint density at radius 2 is 1.94 bits per heavy atom. The highest BCUT2D eigenvalue weighted by molar-refractivity contribution is 7.71. The van der Waals surface area contributed by atoms with E-state index in [4.69, 9.17) is 16.6 Å². The summed E-state index contributed by atoms with van der Waals surface area (Å²) >= 11 is 4.90. The Hall–Kier alpha value is -2.81. The van der Waals surface area contributed by atoms with Crippen molar-refractivity contribution >= 4 is 30.3 Å². The van der Waals surface area contributed by atoms with Gasteiger partial charge in [-0.05, 0) is 62.4 Å². The number of H-pyrrole nitrogens is 1. The molecule has 1 fully saturated rings. The minimum absolute atomic E-state index is 0.00550. The van der Waals surface area contributed by atoms with E-state index in [-0.39, 0.29) is 22.6 Å². The maximum atomic E-state index is 13.3. The van der Waals surface area contributed by atoms with Crippen molar-refractivity contribution in [3.63, 3.8) is 0 Å². The topological polar surface area (TPSA) is 108 Å². The maximum Gasteiger partial charge on any atom is 0.284 e. The fraction of sp³-hybridized carbons (Fsp3) is 0.500. The van der Waals surface area contributed by atoms with Gasteiger partial charge < -0.3 is 14.6 Å². The van der Waals surface area contributed by atoms with Crippen molar-refractivity contribution in [3.8, 4) is 0 Å². The second kappa shape index (κ2) is 10.00. The van der Waals surface area contributed by atoms with Crippen molar-refractivity contribution in [3.05, 3.63) is 46.6 Å². The van der Waals surface area contributed by atoms with Crippen molar-refractivity contribution in [2.75, 3.05) is 0 Å². The summed E-state index contributed by atoms with van der Waals surface area (Å²) in [5.74, 6) is -0.763. The number of ketones is 1. The lowest BCUT2D eigenvalue weighted by Gasteiger charge is -2.48. The molecule has 1 atom stereocenters. The predicted molar refractivity (Wildman–Crippen MR) is 117 cm³/mol. The minimum atomic E-state index is -0.963. The van der Waals surface area contributed by atoms with E-state index >= 15 is 0 Å². The molecule has 0 saturated heterocycles. The first-order chi connectivity index (χ1) is 14.9. The van der Waals surface area contributed by atoms with Gasteiger partial charge in [0, 0.05) is 5.56 Å². The van der Waals surface area contributed by atoms with Crippen molar-refractivity contribution in [2.24, 2.45) is 5.92 Å². The third kappa shape index (κ3) is 5.28. The summed E-state index contributed by atoms with van der Waals surface area (Å²) in [4.78, 5) is 40.2. The van der Waals surface area contributed by atoms with Gasteiger partial charge in [-0.25, -0.2) is 5.10 Å². The maximum absolute atomic E-state index is 13.3. The van der Waals surface area contributed by atoms with Gasteiger partial charge in [0.15, 0.2) is 0 Å². The van der Waals surface area contributed by atoms with Crippen molar-refractivity contribution < 1.29 is 18.8 Å². The van der Waals surface area contributed by atoms with Crippen LogP contribution in [0, 0.1) is 10.8 Å². The lowest BCUT2D eigenvalue weighted by molar-refractivity contribution is -0.129. The molecule has 2 aromatic rings. The Labute approximate surface area is 186 Å². The van der Waals surface area contributed by atoms with E-state index in [1.165, 1.54) is 4.90 Å². The summed E-state index contributed by atoms with van der Waals surface area (Å²) < 4.78 is 5.24. The Kier molecular flexibility index (Phi) is 7.37. The third-order valence-corrected chi connectivity index (χ3v) is 5.83. The predicted octanol–water partition coefficient (Wildman–Crippen LogP) is 3.88. The lowest BCUT2D eigenvalue weighted by Crippen LogP contribution is -2.65. The molecule has 1 aromatic carbocycles. The monoisotopic (exact) mass is 444 g/mol. The fourth-order valence-electron chi connectivity index (χ4n) is 4.20. The summed E-state index contributed by atoms with van der Waals surface area (Å²) in [6.45, 7) is 3.94. The molecule has 3 rings (SSSR count). The van der Waals surface area contributed by atoms with Crippen molar-refractivity contribution in [1.29, 1.82) is 0 Å². The van der Waals surface area contributed by atoms with Gasteiger partial charge in [-0.1, -0.05) is 38.5 Å². The first kappa shape index (κ1) is 22.9. The molecule has 1 aliphatic rings. The molecule has 1 heterocycles. The number of benzene rings is 1. The number of aromatic amines is 1. The molecular formula is C22H28N4O4S. The van der Waals surface area contributed by atoms with Gasteiger partial charge >= 0.3 is 0 Å². The molecular weight excluding hydrogens is 416 g/mol. The Balaban J connectivity index is 1.98. The second-order valence-electron chi connectivity index (χ2n) is 8.35. The molecule has 0 aliphatic heterocycles. The van der Waals surface area contributed by atoms with Gasteiger partial charge in [-0.2, -0.15) is 0 Å². The molecule has 2 N–H and O–H groups in total. The number of carbonyl (C=O) groups excluding carboxylic acids is 3. The fourth-order valence-corrected chi connectivity index (χ4v) is 4.33. The quantitative estimate of drug-likeness (QED) is 0.263. The summed E-state index contributed by atoms with van der Waals surface area (Å²) in [6.07, 6.45) is 4.88. The third-order valence-electron chi connectivity index (χ3n) is 5.65. The highest BCUT2D eigenvalue weighted by Crippen LogP contribution is 2.34. The number of hydrogen-bond donors (Lipinski definition) is 2. The molecule has 31 heavy (non-hydrogen) atoms. The van der Waals surface area contributed by atoms with Crippen LogP contribution in [0.5, 0.6) is 0 Å². The molecule has 2 amide bonds. The van der Waals surface area contributed by atoms with E-state index in [2.05, 4.69) is 15.5 Å². The molecule has 1 aliphatic carbocycles. The standard InChI is InChI=1S/C22H28N4O4S/c1-15(2)13-17(18(28)20-24-25-21(31)30-20)26(14-27)22(11-7-4-8-12-22)23-19(29)16-9-5-3-6-10-16/h3,5-6,9-10,14-15,17H,4,7-8,11-13H2,1-2H3,(H,23,29)(H,25,31). The van der Waals surface area contributed by atoms with Crippen LogP contribution in [0.25, 0.3) is 0 Å². The van der Waals surface area contributed by atoms with Gasteiger partial charge in [0.2, 0.25) is 12.2 Å². The average molecular weight is 445 g/mol. The number of nitrogens with zero attached hydrogens (tertiary/aromatic N) is 2. The largest absolute Gasteiger partial charge is 0.406 e. The van der Waals surface area contributed by atoms with E-state index in [0.29, 0.717) is 31.2 Å². The average Bonchev–Trinajstić information content (AvgIpc) is 3.20. The SMILES string of the molecule is CC(C)CC(C(=O)c1n[nH]c(=S)o1)N(C=O)C1(NC(=O)c2ccccc2)CCCCC1. The number of Topliss-reactive ketones (excluding diaryl/α,β-unsaturated/α-hetero) is 1. The van der Waals surface area contributed by atoms with E-state index in [1.807, 2.05) is 19.9 Å². The smallest absolute Gasteiger partial charge is 0.284 e. The van der Waals surface area contributed by atoms with Crippen LogP contribution >= 0.6 is 12.2 Å². The summed E-state index contributed by atoms with van der Waals surface area (Å²) in [5, 5.41) is 9.41. The molecule has 1 aromatic heterocycles. The molecule has 9 heteroatoms. The zero-order valence-electron chi connectivity index (χ0n) is 17.8. The number of carbonyl (C=O) groups is 3. The summed E-state index contributed by atoms with van der Waals surface area (Å²) in [5.41, 5.74) is -0.460. The van der Waals surface area contributed by atoms with Crippen molar-refractivity contribution in [1.82, 2.24) is 20.4 Å². The van der Waals surface area contributed by atoms with Crippen LogP contribution < -0.4 is 5.32 Å². The molecule has 1 saturated carbocycles. The van der Waals surface area contributed by atoms with E-state index in [0.717, 1.165) is 19.3 Å². The highest BCUT2D eigenvalue weighted by atomic mass is 32.1. The second-order valence-corrected chi connectivity index (χ2v) is 8.72. The normalized spacial score (nSPS) is 16.5. The molecule has 0 bridgehead atoms. The van der Waals surface area contributed by atoms with Gasteiger partial charge in [0.25, 0.3) is 16.6 Å². The Morgan fingerprint density at radius 3 is 2.48 bits per heavy atom. The molecule has 0 spiro atoms. The van der Waals surface area contributed by atoms with Crippen molar-refractivity contribution in [2.45, 2.75) is 64.1 Å². The van der Waals surface area contributed by atoms with Crippen LogP contribution in [-0.2, 0) is 4.79 Å². The zero-order chi connectivity index (χ0) is 22.4. The highest BCUT2D eigenvalue weighted by Gasteiger charge is 2.45. The zero-order valence-corrected chi connectivity index (χ0v) is 18.6. The van der Waals surface area contributed by atoms with Gasteiger partial charge in [0.05, 0.1) is 0 Å². The molecule has 8 nitrogen and oxygen atoms in total. The van der Waals surface area contributed by atoms with Crippen LogP contribution in [0.15, 0.2) is 34.7 Å². The molecule has 0 radical (unpaired) electrons.